The topological polar surface area (TPSA) is 91.6 Å². The molecule has 1 aliphatic rings. The maximum atomic E-state index is 12.9. The molecule has 2 amide bonds. The van der Waals surface area contributed by atoms with Crippen molar-refractivity contribution in [3.63, 3.8) is 0 Å². The Bertz CT molecular complexity index is 788. The normalized spacial score (nSPS) is 19.6. The summed E-state index contributed by atoms with van der Waals surface area (Å²) in [4.78, 5) is 32.5. The second kappa shape index (κ2) is 10.2. The smallest absolute Gasteiger partial charge is 0.255 e. The third kappa shape index (κ3) is 6.44. The van der Waals surface area contributed by atoms with Crippen molar-refractivity contribution < 1.29 is 9.59 Å². The van der Waals surface area contributed by atoms with Gasteiger partial charge in [0.25, 0.3) is 5.91 Å². The number of rotatable bonds is 9. The molecule has 2 heterocycles. The number of hydrogen-bond acceptors (Lipinski definition) is 5. The molecule has 7 nitrogen and oxygen atoms in total. The van der Waals surface area contributed by atoms with Crippen molar-refractivity contribution in [3.8, 4) is 0 Å². The summed E-state index contributed by atoms with van der Waals surface area (Å²) in [6.45, 7) is 15.8. The third-order valence-electron chi connectivity index (χ3n) is 7.62. The van der Waals surface area contributed by atoms with E-state index >= 15 is 0 Å². The van der Waals surface area contributed by atoms with E-state index in [1.807, 2.05) is 12.1 Å². The lowest BCUT2D eigenvalue weighted by molar-refractivity contribution is -0.129. The van der Waals surface area contributed by atoms with Crippen LogP contribution < -0.4 is 11.1 Å². The minimum atomic E-state index is -0.168. The van der Waals surface area contributed by atoms with Gasteiger partial charge in [0.05, 0.1) is 11.6 Å². The van der Waals surface area contributed by atoms with Gasteiger partial charge in [-0.2, -0.15) is 0 Å². The number of pyridine rings is 1. The predicted octanol–water partition coefficient (Wildman–Crippen LogP) is 3.75. The van der Waals surface area contributed by atoms with E-state index < -0.39 is 0 Å². The monoisotopic (exact) mass is 445 g/mol. The molecule has 2 unspecified atom stereocenters. The number of anilines is 1. The summed E-state index contributed by atoms with van der Waals surface area (Å²) < 4.78 is 0. The van der Waals surface area contributed by atoms with Crippen LogP contribution in [0, 0.1) is 11.8 Å². The van der Waals surface area contributed by atoms with Gasteiger partial charge in [0.1, 0.15) is 5.82 Å². The summed E-state index contributed by atoms with van der Waals surface area (Å²) in [5, 5.41) is 3.53. The highest BCUT2D eigenvalue weighted by Crippen LogP contribution is 2.29. The Morgan fingerprint density at radius 3 is 2.47 bits per heavy atom. The Hall–Kier alpha value is -2.15. The van der Waals surface area contributed by atoms with Gasteiger partial charge in [-0.25, -0.2) is 4.98 Å². The van der Waals surface area contributed by atoms with Gasteiger partial charge in [0.15, 0.2) is 0 Å². The minimum absolute atomic E-state index is 0.0264. The fraction of sp³-hybridized carbons (Fsp3) is 0.720. The van der Waals surface area contributed by atoms with Gasteiger partial charge in [0.2, 0.25) is 5.91 Å². The van der Waals surface area contributed by atoms with Crippen LogP contribution in [0.5, 0.6) is 0 Å². The maximum Gasteiger partial charge on any atom is 0.255 e. The van der Waals surface area contributed by atoms with Crippen LogP contribution in [-0.2, 0) is 4.79 Å². The van der Waals surface area contributed by atoms with E-state index in [-0.39, 0.29) is 28.9 Å². The van der Waals surface area contributed by atoms with Crippen LogP contribution in [0.25, 0.3) is 0 Å². The molecule has 0 radical (unpaired) electrons. The number of likely N-dealkylation sites (N-methyl/N-ethyl adjacent to an activating group) is 1. The van der Waals surface area contributed by atoms with Gasteiger partial charge in [-0.05, 0) is 64.0 Å². The highest BCUT2D eigenvalue weighted by Gasteiger charge is 2.32. The largest absolute Gasteiger partial charge is 0.365 e. The van der Waals surface area contributed by atoms with Crippen molar-refractivity contribution in [2.45, 2.75) is 84.8 Å². The Kier molecular flexibility index (Phi) is 8.32. The van der Waals surface area contributed by atoms with Crippen LogP contribution in [-0.4, -0.2) is 63.9 Å². The van der Waals surface area contributed by atoms with Crippen molar-refractivity contribution in [2.75, 3.05) is 25.5 Å². The van der Waals surface area contributed by atoms with Gasteiger partial charge in [-0.15, -0.1) is 0 Å². The standard InChI is InChI=1S/C25H43N5O2/c1-17(2)25(7,26)13-11-18(3)24(5,6)28-22-10-9-20(15-27-22)23(32)30-14-12-21(16-30)29(8)19(4)31/h9-10,15,17-18,21H,11-14,16,26H2,1-8H3,(H,27,28)/t18?,21-,25?/m0/s1. The van der Waals surface area contributed by atoms with Gasteiger partial charge in [-0.3, -0.25) is 9.59 Å². The van der Waals surface area contributed by atoms with Crippen LogP contribution >= 0.6 is 0 Å². The summed E-state index contributed by atoms with van der Waals surface area (Å²) in [7, 11) is 1.79. The molecule has 1 aromatic heterocycles. The number of likely N-dealkylation sites (tertiary alicyclic amines) is 1. The van der Waals surface area contributed by atoms with Crippen LogP contribution in [0.4, 0.5) is 5.82 Å². The van der Waals surface area contributed by atoms with Gasteiger partial charge >= 0.3 is 0 Å². The zero-order valence-electron chi connectivity index (χ0n) is 21.2. The first-order chi connectivity index (χ1) is 14.7. The summed E-state index contributed by atoms with van der Waals surface area (Å²) >= 11 is 0. The number of nitrogens with one attached hydrogen (secondary N) is 1. The second-order valence-electron chi connectivity index (χ2n) is 10.7. The first-order valence-corrected chi connectivity index (χ1v) is 11.8. The van der Waals surface area contributed by atoms with Gasteiger partial charge in [-0.1, -0.05) is 20.8 Å². The molecule has 0 spiro atoms. The van der Waals surface area contributed by atoms with E-state index in [1.54, 1.807) is 30.0 Å². The highest BCUT2D eigenvalue weighted by molar-refractivity contribution is 5.94. The molecule has 180 valence electrons. The molecule has 1 saturated heterocycles. The lowest BCUT2D eigenvalue weighted by Gasteiger charge is -2.37. The molecule has 2 rings (SSSR count). The quantitative estimate of drug-likeness (QED) is 0.604. The van der Waals surface area contributed by atoms with Crippen LogP contribution in [0.2, 0.25) is 0 Å². The summed E-state index contributed by atoms with van der Waals surface area (Å²) in [5.41, 5.74) is 6.69. The first-order valence-electron chi connectivity index (χ1n) is 11.8. The van der Waals surface area contributed by atoms with Crippen molar-refractivity contribution in [2.24, 2.45) is 17.6 Å². The number of hydrogen-bond donors (Lipinski definition) is 2. The number of nitrogens with zero attached hydrogens (tertiary/aromatic N) is 3. The molecule has 3 atom stereocenters. The molecule has 7 heteroatoms. The zero-order chi connectivity index (χ0) is 24.3. The Morgan fingerprint density at radius 2 is 1.94 bits per heavy atom. The van der Waals surface area contributed by atoms with Gasteiger partial charge < -0.3 is 20.9 Å². The second-order valence-corrected chi connectivity index (χ2v) is 10.7. The van der Waals surface area contributed by atoms with E-state index in [1.165, 1.54) is 0 Å². The lowest BCUT2D eigenvalue weighted by Crippen LogP contribution is -2.44. The van der Waals surface area contributed by atoms with E-state index in [4.69, 9.17) is 5.73 Å². The minimum Gasteiger partial charge on any atom is -0.365 e. The fourth-order valence-electron chi connectivity index (χ4n) is 3.91. The highest BCUT2D eigenvalue weighted by atomic mass is 16.2. The van der Waals surface area contributed by atoms with Crippen molar-refractivity contribution >= 4 is 17.6 Å². The summed E-state index contributed by atoms with van der Waals surface area (Å²) in [6, 6.07) is 3.78. The number of carbonyl (C=O) groups excluding carboxylic acids is 2. The molecule has 0 bridgehead atoms. The Labute approximate surface area is 194 Å². The number of aromatic nitrogens is 1. The van der Waals surface area contributed by atoms with E-state index in [0.717, 1.165) is 25.1 Å². The molecule has 1 aromatic rings. The first kappa shape index (κ1) is 26.1. The molecule has 1 fully saturated rings. The third-order valence-corrected chi connectivity index (χ3v) is 7.62. The lowest BCUT2D eigenvalue weighted by atomic mass is 9.78. The zero-order valence-corrected chi connectivity index (χ0v) is 21.2. The molecular weight excluding hydrogens is 402 g/mol. The summed E-state index contributed by atoms with van der Waals surface area (Å²) in [6.07, 6.45) is 4.43. The fourth-order valence-corrected chi connectivity index (χ4v) is 3.91. The van der Waals surface area contributed by atoms with E-state index in [2.05, 4.69) is 51.8 Å². The van der Waals surface area contributed by atoms with Crippen molar-refractivity contribution in [1.82, 2.24) is 14.8 Å². The number of carbonyl (C=O) groups is 2. The SMILES string of the molecule is CC(=O)N(C)[C@H]1CCN(C(=O)c2ccc(NC(C)(C)C(C)CCC(C)(N)C(C)C)nc2)C1. The van der Waals surface area contributed by atoms with Gasteiger partial charge in [0, 0.05) is 44.3 Å². The molecule has 0 saturated carbocycles. The number of nitrogens with two attached hydrogens (primary N) is 1. The molecule has 0 aliphatic carbocycles. The molecule has 32 heavy (non-hydrogen) atoms. The predicted molar refractivity (Wildman–Crippen MR) is 131 cm³/mol. The average molecular weight is 446 g/mol. The molecule has 1 aliphatic heterocycles. The Balaban J connectivity index is 1.95. The van der Waals surface area contributed by atoms with E-state index in [9.17, 15) is 9.59 Å². The van der Waals surface area contributed by atoms with E-state index in [0.29, 0.717) is 30.5 Å². The van der Waals surface area contributed by atoms with Crippen LogP contribution in [0.15, 0.2) is 18.3 Å². The van der Waals surface area contributed by atoms with Crippen LogP contribution in [0.3, 0.4) is 0 Å². The molecular formula is C25H43N5O2. The number of amides is 2. The van der Waals surface area contributed by atoms with Crippen molar-refractivity contribution in [1.29, 1.82) is 0 Å². The maximum absolute atomic E-state index is 12.9. The van der Waals surface area contributed by atoms with Crippen molar-refractivity contribution in [3.05, 3.63) is 23.9 Å². The molecule has 3 N–H and O–H groups in total. The van der Waals surface area contributed by atoms with Crippen LogP contribution in [0.1, 0.15) is 78.1 Å². The summed E-state index contributed by atoms with van der Waals surface area (Å²) in [5.74, 6) is 1.58. The Morgan fingerprint density at radius 1 is 1.28 bits per heavy atom. The average Bonchev–Trinajstić information content (AvgIpc) is 3.21. The molecule has 0 aromatic carbocycles.